The zero-order chi connectivity index (χ0) is 64.5. The lowest BCUT2D eigenvalue weighted by molar-refractivity contribution is -0.359. The molecule has 2 fully saturated rings. The molecule has 514 valence electrons. The highest BCUT2D eigenvalue weighted by molar-refractivity contribution is 5.76. The molecular weight excluding hydrogens is 1120 g/mol. The molecule has 2 aliphatic rings. The number of aliphatic hydroxyl groups excluding tert-OH is 8. The molecule has 14 nitrogen and oxygen atoms in total. The summed E-state index contributed by atoms with van der Waals surface area (Å²) in [6.07, 6.45) is 66.0. The quantitative estimate of drug-likeness (QED) is 0.0204. The smallest absolute Gasteiger partial charge is 0.220 e. The van der Waals surface area contributed by atoms with Crippen molar-refractivity contribution in [3.05, 3.63) is 97.2 Å². The van der Waals surface area contributed by atoms with Gasteiger partial charge in [-0.2, -0.15) is 0 Å². The van der Waals surface area contributed by atoms with E-state index in [4.69, 9.17) is 18.9 Å². The Balaban J connectivity index is 1.67. The molecular formula is C75H131NO13. The number of hydrogen-bond donors (Lipinski definition) is 9. The Hall–Kier alpha value is -3.09. The third kappa shape index (κ3) is 42.7. The van der Waals surface area contributed by atoms with Gasteiger partial charge in [0.15, 0.2) is 12.6 Å². The van der Waals surface area contributed by atoms with E-state index in [1.807, 2.05) is 6.08 Å². The Labute approximate surface area is 541 Å². The van der Waals surface area contributed by atoms with Crippen LogP contribution in [0.5, 0.6) is 0 Å². The predicted octanol–water partition coefficient (Wildman–Crippen LogP) is 15.0. The Kier molecular flexibility index (Phi) is 54.1. The lowest BCUT2D eigenvalue weighted by Gasteiger charge is -2.46. The van der Waals surface area contributed by atoms with Crippen molar-refractivity contribution in [3.8, 4) is 0 Å². The molecule has 0 spiro atoms. The van der Waals surface area contributed by atoms with Gasteiger partial charge in [-0.15, -0.1) is 0 Å². The van der Waals surface area contributed by atoms with Crippen molar-refractivity contribution in [1.29, 1.82) is 0 Å². The van der Waals surface area contributed by atoms with Crippen molar-refractivity contribution in [1.82, 2.24) is 5.32 Å². The van der Waals surface area contributed by atoms with Crippen molar-refractivity contribution in [2.24, 2.45) is 0 Å². The number of aliphatic hydroxyl groups is 8. The number of carbonyl (C=O) groups is 1. The van der Waals surface area contributed by atoms with Crippen molar-refractivity contribution in [2.45, 2.75) is 351 Å². The molecule has 2 saturated heterocycles. The molecule has 1 amide bonds. The number of rotatable bonds is 58. The van der Waals surface area contributed by atoms with Gasteiger partial charge in [0.2, 0.25) is 5.91 Å². The molecule has 0 saturated carbocycles. The van der Waals surface area contributed by atoms with Crippen molar-refractivity contribution in [3.63, 3.8) is 0 Å². The van der Waals surface area contributed by atoms with E-state index < -0.39 is 86.8 Å². The van der Waals surface area contributed by atoms with Crippen LogP contribution in [0.3, 0.4) is 0 Å². The average molecular weight is 1250 g/mol. The second-order valence-corrected chi connectivity index (χ2v) is 25.0. The van der Waals surface area contributed by atoms with Crippen LogP contribution in [0.4, 0.5) is 0 Å². The largest absolute Gasteiger partial charge is 0.394 e. The number of amides is 1. The van der Waals surface area contributed by atoms with Crippen LogP contribution >= 0.6 is 0 Å². The summed E-state index contributed by atoms with van der Waals surface area (Å²) in [6, 6.07) is -0.938. The topological polar surface area (TPSA) is 228 Å². The van der Waals surface area contributed by atoms with Gasteiger partial charge >= 0.3 is 0 Å². The van der Waals surface area contributed by atoms with Crippen molar-refractivity contribution >= 4 is 5.91 Å². The summed E-state index contributed by atoms with van der Waals surface area (Å²) in [5.41, 5.74) is 0. The molecule has 0 aromatic rings. The molecule has 0 bridgehead atoms. The average Bonchev–Trinajstić information content (AvgIpc) is 2.75. The first-order chi connectivity index (χ1) is 43.6. The van der Waals surface area contributed by atoms with Gasteiger partial charge in [0.25, 0.3) is 0 Å². The minimum absolute atomic E-state index is 0.251. The summed E-state index contributed by atoms with van der Waals surface area (Å²) >= 11 is 0. The minimum atomic E-state index is -1.80. The van der Waals surface area contributed by atoms with Crippen LogP contribution < -0.4 is 5.32 Å². The maximum Gasteiger partial charge on any atom is 0.220 e. The van der Waals surface area contributed by atoms with Crippen LogP contribution in [0.15, 0.2) is 97.2 Å². The standard InChI is InChI=1S/C75H131NO13/c1-3-5-7-9-11-13-15-17-19-21-23-25-27-28-29-30-31-32-33-34-35-36-37-39-41-43-45-47-49-51-53-55-57-59-67(80)76-63(62-86-74-72(85)70(83)73(66(61-78)88-74)89-75-71(84)69(82)68(81)65(60-77)87-75)64(79)58-56-54-52-50-48-46-44-42-40-38-26-24-22-20-18-16-14-12-10-8-6-4-2/h5,7,11,13,17,19,23,25,28-29,31-32,48,50,56,58,63-66,68-75,77-79,81-85H,3-4,6,8-10,12,14-16,18,20-22,24,26-27,30,33-47,49,51-55,57,59-62H2,1-2H3,(H,76,80)/b7-5-,13-11-,19-17-,25-23-,29-28-,32-31-,50-48+,58-56+. The number of allylic oxidation sites excluding steroid dienone is 15. The number of ether oxygens (including phenoxy) is 4. The fraction of sp³-hybridized carbons (Fsp3) is 0.773. The molecule has 2 rings (SSSR count). The van der Waals surface area contributed by atoms with E-state index in [-0.39, 0.29) is 18.9 Å². The molecule has 2 heterocycles. The van der Waals surface area contributed by atoms with Gasteiger partial charge in [0, 0.05) is 6.42 Å². The summed E-state index contributed by atoms with van der Waals surface area (Å²) in [7, 11) is 0. The molecule has 0 radical (unpaired) electrons. The first-order valence-corrected chi connectivity index (χ1v) is 36.0. The number of carbonyl (C=O) groups excluding carboxylic acids is 1. The third-order valence-electron chi connectivity index (χ3n) is 17.0. The summed E-state index contributed by atoms with van der Waals surface area (Å²) in [5, 5.41) is 87.4. The molecule has 0 aromatic heterocycles. The van der Waals surface area contributed by atoms with E-state index in [0.29, 0.717) is 12.8 Å². The van der Waals surface area contributed by atoms with E-state index in [1.54, 1.807) is 6.08 Å². The van der Waals surface area contributed by atoms with Crippen LogP contribution in [-0.4, -0.2) is 140 Å². The molecule has 2 aliphatic heterocycles. The first-order valence-electron chi connectivity index (χ1n) is 36.0. The summed E-state index contributed by atoms with van der Waals surface area (Å²) in [5.74, 6) is -0.251. The van der Waals surface area contributed by atoms with Crippen LogP contribution in [-0.2, 0) is 23.7 Å². The van der Waals surface area contributed by atoms with Gasteiger partial charge in [0.1, 0.15) is 48.8 Å². The van der Waals surface area contributed by atoms with Crippen LogP contribution in [0, 0.1) is 0 Å². The third-order valence-corrected chi connectivity index (χ3v) is 17.0. The minimum Gasteiger partial charge on any atom is -0.394 e. The van der Waals surface area contributed by atoms with Gasteiger partial charge < -0.3 is 65.1 Å². The second-order valence-electron chi connectivity index (χ2n) is 25.0. The number of unbranched alkanes of at least 4 members (excludes halogenated alkanes) is 31. The van der Waals surface area contributed by atoms with E-state index in [1.165, 1.54) is 173 Å². The van der Waals surface area contributed by atoms with Crippen molar-refractivity contribution in [2.75, 3.05) is 19.8 Å². The second kappa shape index (κ2) is 58.7. The fourth-order valence-corrected chi connectivity index (χ4v) is 11.3. The lowest BCUT2D eigenvalue weighted by atomic mass is 9.97. The van der Waals surface area contributed by atoms with Crippen LogP contribution in [0.2, 0.25) is 0 Å². The highest BCUT2D eigenvalue weighted by Gasteiger charge is 2.51. The molecule has 12 atom stereocenters. The molecule has 12 unspecified atom stereocenters. The highest BCUT2D eigenvalue weighted by atomic mass is 16.7. The normalized spacial score (nSPS) is 23.6. The molecule has 89 heavy (non-hydrogen) atoms. The number of hydrogen-bond acceptors (Lipinski definition) is 13. The molecule has 0 aliphatic carbocycles. The van der Waals surface area contributed by atoms with Gasteiger partial charge in [-0.1, -0.05) is 284 Å². The van der Waals surface area contributed by atoms with Crippen molar-refractivity contribution < 1.29 is 64.6 Å². The van der Waals surface area contributed by atoms with Gasteiger partial charge in [-0.3, -0.25) is 4.79 Å². The lowest BCUT2D eigenvalue weighted by Crippen LogP contribution is -2.65. The maximum atomic E-state index is 13.3. The predicted molar refractivity (Wildman–Crippen MR) is 364 cm³/mol. The highest BCUT2D eigenvalue weighted by Crippen LogP contribution is 2.30. The summed E-state index contributed by atoms with van der Waals surface area (Å²) < 4.78 is 22.8. The van der Waals surface area contributed by atoms with Gasteiger partial charge in [0.05, 0.1) is 32.0 Å². The Bertz CT molecular complexity index is 1860. The van der Waals surface area contributed by atoms with Gasteiger partial charge in [-0.05, 0) is 83.5 Å². The zero-order valence-corrected chi connectivity index (χ0v) is 55.9. The SMILES string of the molecule is CC/C=C\C/C=C\C/C=C\C/C=C\C/C=C\C/C=C\CCCCCCCCCCCCCCCCC(=O)NC(COC1OC(CO)C(OC2OC(CO)C(O)C(O)C2O)C(O)C1O)C(O)/C=C/CC/C=C/CCCCCCCCCCCCCCCCCC. The summed E-state index contributed by atoms with van der Waals surface area (Å²) in [4.78, 5) is 13.3. The molecule has 0 aromatic carbocycles. The molecule has 14 heteroatoms. The van der Waals surface area contributed by atoms with E-state index in [2.05, 4.69) is 104 Å². The maximum absolute atomic E-state index is 13.3. The number of nitrogens with one attached hydrogen (secondary N) is 1. The Morgan fingerprint density at radius 1 is 0.416 bits per heavy atom. The van der Waals surface area contributed by atoms with Crippen LogP contribution in [0.1, 0.15) is 277 Å². The first kappa shape index (κ1) is 82.0. The van der Waals surface area contributed by atoms with E-state index in [0.717, 1.165) is 70.6 Å². The monoisotopic (exact) mass is 1250 g/mol. The molecule has 9 N–H and O–H groups in total. The van der Waals surface area contributed by atoms with Crippen LogP contribution in [0.25, 0.3) is 0 Å². The van der Waals surface area contributed by atoms with E-state index >= 15 is 0 Å². The fourth-order valence-electron chi connectivity index (χ4n) is 11.3. The Morgan fingerprint density at radius 3 is 1.24 bits per heavy atom. The van der Waals surface area contributed by atoms with Gasteiger partial charge in [-0.25, -0.2) is 0 Å². The Morgan fingerprint density at radius 2 is 0.787 bits per heavy atom. The zero-order valence-electron chi connectivity index (χ0n) is 55.9. The summed E-state index contributed by atoms with van der Waals surface area (Å²) in [6.45, 7) is 2.69. The van der Waals surface area contributed by atoms with E-state index in [9.17, 15) is 45.6 Å².